The Morgan fingerprint density at radius 3 is 2.60 bits per heavy atom. The molecule has 0 saturated carbocycles. The molecule has 2 aromatic rings. The van der Waals surface area contributed by atoms with Gasteiger partial charge in [-0.2, -0.15) is 0 Å². The smallest absolute Gasteiger partial charge is 0.295 e. The molecule has 4 rings (SSSR count). The number of benzene rings is 1. The van der Waals surface area contributed by atoms with E-state index in [1.165, 1.54) is 9.80 Å². The van der Waals surface area contributed by atoms with E-state index in [9.17, 15) is 14.7 Å². The van der Waals surface area contributed by atoms with Crippen LogP contribution in [0.3, 0.4) is 0 Å². The Bertz CT molecular complexity index is 950. The topological polar surface area (TPSA) is 87.0 Å². The number of hydrogen-bond acceptors (Lipinski definition) is 5. The summed E-state index contributed by atoms with van der Waals surface area (Å²) in [5.41, 5.74) is 2.11. The van der Waals surface area contributed by atoms with E-state index in [0.29, 0.717) is 37.4 Å². The number of likely N-dealkylation sites (tertiary alicyclic amines) is 1. The molecular formula is C23H25N3O4. The summed E-state index contributed by atoms with van der Waals surface area (Å²) in [7, 11) is 0. The highest BCUT2D eigenvalue weighted by atomic mass is 16.5. The molecule has 0 aliphatic carbocycles. The number of Topliss-reactive ketones (excluding diaryl/α,β-unsaturated/α-hetero) is 1. The summed E-state index contributed by atoms with van der Waals surface area (Å²) in [4.78, 5) is 32.8. The molecule has 3 heterocycles. The summed E-state index contributed by atoms with van der Waals surface area (Å²) in [6.45, 7) is 6.14. The first-order chi connectivity index (χ1) is 14.6. The van der Waals surface area contributed by atoms with Crippen molar-refractivity contribution >= 4 is 17.4 Å². The molecule has 2 aliphatic heterocycles. The number of nitrogens with zero attached hydrogens (tertiary/aromatic N) is 2. The van der Waals surface area contributed by atoms with Crippen LogP contribution in [0.5, 0.6) is 0 Å². The van der Waals surface area contributed by atoms with Crippen molar-refractivity contribution in [1.82, 2.24) is 9.88 Å². The van der Waals surface area contributed by atoms with Crippen LogP contribution in [0.2, 0.25) is 0 Å². The second-order valence-corrected chi connectivity index (χ2v) is 7.74. The zero-order valence-electron chi connectivity index (χ0n) is 17.0. The highest BCUT2D eigenvalue weighted by Crippen LogP contribution is 2.37. The van der Waals surface area contributed by atoms with Crippen LogP contribution in [-0.4, -0.2) is 61.0 Å². The molecular weight excluding hydrogens is 382 g/mol. The minimum atomic E-state index is -0.716. The van der Waals surface area contributed by atoms with Crippen LogP contribution in [0.4, 0.5) is 0 Å². The van der Waals surface area contributed by atoms with Gasteiger partial charge in [-0.1, -0.05) is 41.7 Å². The van der Waals surface area contributed by atoms with Crippen LogP contribution < -0.4 is 10.0 Å². The number of nitrogens with one attached hydrogen (secondary N) is 1. The Hall–Kier alpha value is -3.03. The molecule has 30 heavy (non-hydrogen) atoms. The van der Waals surface area contributed by atoms with Gasteiger partial charge in [-0.3, -0.25) is 14.6 Å². The minimum absolute atomic E-state index is 0.00818. The monoisotopic (exact) mass is 407 g/mol. The molecule has 0 bridgehead atoms. The van der Waals surface area contributed by atoms with Gasteiger partial charge in [0.1, 0.15) is 13.1 Å². The second kappa shape index (κ2) is 8.77. The molecule has 2 saturated heterocycles. The van der Waals surface area contributed by atoms with Gasteiger partial charge in [-0.05, 0) is 24.1 Å². The lowest BCUT2D eigenvalue weighted by atomic mass is 9.96. The Morgan fingerprint density at radius 1 is 1.20 bits per heavy atom. The molecule has 2 fully saturated rings. The van der Waals surface area contributed by atoms with Gasteiger partial charge >= 0.3 is 0 Å². The van der Waals surface area contributed by atoms with Crippen molar-refractivity contribution in [3.8, 4) is 0 Å². The van der Waals surface area contributed by atoms with Gasteiger partial charge in [0.2, 0.25) is 5.78 Å². The number of rotatable bonds is 5. The van der Waals surface area contributed by atoms with Crippen molar-refractivity contribution in [2.75, 3.05) is 39.4 Å². The molecule has 156 valence electrons. The fraction of sp³-hybridized carbons (Fsp3) is 0.348. The lowest BCUT2D eigenvalue weighted by Gasteiger charge is -2.30. The number of hydrogen-bond donors (Lipinski definition) is 1. The Morgan fingerprint density at radius 2 is 1.93 bits per heavy atom. The van der Waals surface area contributed by atoms with Crippen molar-refractivity contribution in [2.24, 2.45) is 0 Å². The molecule has 0 radical (unpaired) electrons. The summed E-state index contributed by atoms with van der Waals surface area (Å²) in [5.74, 6) is -1.73. The summed E-state index contributed by atoms with van der Waals surface area (Å²) >= 11 is 0. The van der Waals surface area contributed by atoms with E-state index in [1.807, 2.05) is 19.1 Å². The third-order valence-electron chi connectivity index (χ3n) is 5.75. The Labute approximate surface area is 175 Å². The number of ketones is 1. The quantitative estimate of drug-likeness (QED) is 0.411. The van der Waals surface area contributed by atoms with E-state index in [1.54, 1.807) is 36.7 Å². The van der Waals surface area contributed by atoms with Crippen LogP contribution in [0.1, 0.15) is 22.7 Å². The second-order valence-electron chi connectivity index (χ2n) is 7.74. The van der Waals surface area contributed by atoms with Gasteiger partial charge in [0, 0.05) is 18.0 Å². The van der Waals surface area contributed by atoms with Crippen molar-refractivity contribution in [1.29, 1.82) is 0 Å². The van der Waals surface area contributed by atoms with E-state index < -0.39 is 23.5 Å². The first-order valence-electron chi connectivity index (χ1n) is 10.2. The van der Waals surface area contributed by atoms with Crippen LogP contribution in [0, 0.1) is 6.92 Å². The molecule has 0 spiro atoms. The van der Waals surface area contributed by atoms with Crippen molar-refractivity contribution < 1.29 is 24.3 Å². The number of amides is 1. The van der Waals surface area contributed by atoms with Gasteiger partial charge < -0.3 is 19.6 Å². The molecule has 1 aromatic carbocycles. The maximum Gasteiger partial charge on any atom is 0.295 e. The fourth-order valence-corrected chi connectivity index (χ4v) is 4.03. The number of carbonyl (C=O) groups excluding carboxylic acids is 2. The molecule has 1 aromatic heterocycles. The van der Waals surface area contributed by atoms with Gasteiger partial charge in [-0.15, -0.1) is 0 Å². The molecule has 1 unspecified atom stereocenters. The summed E-state index contributed by atoms with van der Waals surface area (Å²) < 4.78 is 5.39. The third kappa shape index (κ3) is 3.99. The highest BCUT2D eigenvalue weighted by molar-refractivity contribution is 6.46. The van der Waals surface area contributed by atoms with Crippen LogP contribution >= 0.6 is 0 Å². The number of quaternary nitrogens is 1. The first kappa shape index (κ1) is 20.3. The van der Waals surface area contributed by atoms with Gasteiger partial charge in [0.05, 0.1) is 32.3 Å². The van der Waals surface area contributed by atoms with E-state index in [4.69, 9.17) is 4.74 Å². The number of carbonyl (C=O) groups is 2. The zero-order valence-corrected chi connectivity index (χ0v) is 17.0. The maximum absolute atomic E-state index is 13.3. The molecule has 1 atom stereocenters. The van der Waals surface area contributed by atoms with Crippen molar-refractivity contribution in [3.05, 3.63) is 71.1 Å². The summed E-state index contributed by atoms with van der Waals surface area (Å²) in [5, 5.41) is 13.3. The number of ether oxygens (including phenoxy) is 1. The largest absolute Gasteiger partial charge is 0.872 e. The molecule has 2 aliphatic rings. The molecule has 1 amide bonds. The normalized spacial score (nSPS) is 21.9. The number of morpholine rings is 1. The number of pyridine rings is 1. The van der Waals surface area contributed by atoms with E-state index in [-0.39, 0.29) is 5.57 Å². The average Bonchev–Trinajstić information content (AvgIpc) is 3.04. The maximum atomic E-state index is 13.3. The van der Waals surface area contributed by atoms with Crippen molar-refractivity contribution in [2.45, 2.75) is 13.0 Å². The standard InChI is InChI=1S/C23H25N3O4/c1-16-4-6-17(7-5-16)21(27)19-20(18-3-2-8-24-15-18)26(23(29)22(19)28)10-9-25-11-13-30-14-12-25/h2-8,15,20,27H,9-14H2,1H3. The van der Waals surface area contributed by atoms with E-state index >= 15 is 0 Å². The summed E-state index contributed by atoms with van der Waals surface area (Å²) in [6, 6.07) is 9.89. The predicted octanol–water partition coefficient (Wildman–Crippen LogP) is -0.471. The third-order valence-corrected chi connectivity index (χ3v) is 5.75. The lowest BCUT2D eigenvalue weighted by molar-refractivity contribution is -0.907. The Kier molecular flexibility index (Phi) is 5.92. The Balaban J connectivity index is 1.71. The number of aromatic nitrogens is 1. The predicted molar refractivity (Wildman–Crippen MR) is 108 cm³/mol. The van der Waals surface area contributed by atoms with Gasteiger partial charge in [0.25, 0.3) is 5.91 Å². The first-order valence-corrected chi connectivity index (χ1v) is 10.2. The van der Waals surface area contributed by atoms with E-state index in [2.05, 4.69) is 4.98 Å². The highest BCUT2D eigenvalue weighted by Gasteiger charge is 2.44. The molecule has 7 heteroatoms. The lowest BCUT2D eigenvalue weighted by Crippen LogP contribution is -3.14. The van der Waals surface area contributed by atoms with Gasteiger partial charge in [-0.25, -0.2) is 0 Å². The fourth-order valence-electron chi connectivity index (χ4n) is 4.03. The van der Waals surface area contributed by atoms with Gasteiger partial charge in [0.15, 0.2) is 0 Å². The van der Waals surface area contributed by atoms with Crippen LogP contribution in [-0.2, 0) is 14.3 Å². The SMILES string of the molecule is Cc1ccc(C([O-])=C2C(=O)C(=O)N(CC[NH+]3CCOCC3)C2c2cccnc2)cc1. The molecule has 1 N–H and O–H groups in total. The number of aryl methyl sites for hydroxylation is 1. The zero-order chi connectivity index (χ0) is 21.1. The average molecular weight is 407 g/mol. The van der Waals surface area contributed by atoms with Crippen LogP contribution in [0.25, 0.3) is 5.76 Å². The molecule has 7 nitrogen and oxygen atoms in total. The van der Waals surface area contributed by atoms with Crippen molar-refractivity contribution in [3.63, 3.8) is 0 Å². The summed E-state index contributed by atoms with van der Waals surface area (Å²) in [6.07, 6.45) is 3.25. The minimum Gasteiger partial charge on any atom is -0.872 e. The van der Waals surface area contributed by atoms with E-state index in [0.717, 1.165) is 18.7 Å². The van der Waals surface area contributed by atoms with Crippen LogP contribution in [0.15, 0.2) is 54.4 Å².